The van der Waals surface area contributed by atoms with E-state index < -0.39 is 0 Å². The summed E-state index contributed by atoms with van der Waals surface area (Å²) >= 11 is 0. The summed E-state index contributed by atoms with van der Waals surface area (Å²) in [6.07, 6.45) is 9.38. The van der Waals surface area contributed by atoms with Crippen LogP contribution in [0.15, 0.2) is 176 Å². The molecule has 0 unspecified atom stereocenters. The maximum Gasteiger partial charge on any atom is 0.0531 e. The Hall–Kier alpha value is -6.44. The molecule has 0 aromatic heterocycles. The molecule has 0 heterocycles. The van der Waals surface area contributed by atoms with Gasteiger partial charge in [0, 0.05) is 11.4 Å². The van der Waals surface area contributed by atoms with E-state index in [4.69, 9.17) is 0 Å². The van der Waals surface area contributed by atoms with E-state index in [0.717, 1.165) is 25.7 Å². The molecule has 0 bridgehead atoms. The SMILES string of the molecule is c1ccc(-c2ccc(-c3c4c(c(N(c5ccc(-c6ccccc6)cc5)c5ccc6c7ccccc7c7ccccc7c6c5)c5c3CCCC5)CCCC4)cc2)cc1. The first-order valence-corrected chi connectivity index (χ1v) is 20.9. The number of hydrogen-bond donors (Lipinski definition) is 0. The van der Waals surface area contributed by atoms with Gasteiger partial charge in [0.1, 0.15) is 0 Å². The molecule has 0 radical (unpaired) electrons. The number of nitrogens with zero attached hydrogens (tertiary/aromatic N) is 1. The average molecular weight is 732 g/mol. The maximum atomic E-state index is 2.66. The summed E-state index contributed by atoms with van der Waals surface area (Å²) in [6.45, 7) is 0. The van der Waals surface area contributed by atoms with Crippen LogP contribution in [0.4, 0.5) is 17.1 Å². The maximum absolute atomic E-state index is 2.66. The minimum Gasteiger partial charge on any atom is -0.310 e. The molecule has 2 aliphatic carbocycles. The Morgan fingerprint density at radius 1 is 0.281 bits per heavy atom. The Bertz CT molecular complexity index is 2850. The smallest absolute Gasteiger partial charge is 0.0531 e. The second-order valence-corrected chi connectivity index (χ2v) is 16.1. The van der Waals surface area contributed by atoms with E-state index in [-0.39, 0.29) is 0 Å². The monoisotopic (exact) mass is 731 g/mol. The standard InChI is InChI=1S/C56H45N/c1-3-15-38(16-4-1)40-27-29-42(30-28-40)55-50-23-11-13-25-52(50)56(53-26-14-12-24-51(53)55)57(43-33-31-41(32-34-43)39-17-5-2-6-18-39)44-35-36-49-47-21-8-7-19-45(47)46-20-9-10-22-48(46)54(49)37-44/h1-10,15-22,27-37H,11-14,23-26H2. The highest BCUT2D eigenvalue weighted by Crippen LogP contribution is 2.51. The molecule has 0 saturated heterocycles. The zero-order valence-corrected chi connectivity index (χ0v) is 32.3. The Kier molecular flexibility index (Phi) is 8.47. The summed E-state index contributed by atoms with van der Waals surface area (Å²) in [5.41, 5.74) is 18.1. The Labute approximate surface area is 335 Å². The van der Waals surface area contributed by atoms with Gasteiger partial charge in [-0.1, -0.05) is 152 Å². The van der Waals surface area contributed by atoms with Crippen molar-refractivity contribution in [2.45, 2.75) is 51.4 Å². The van der Waals surface area contributed by atoms with Crippen molar-refractivity contribution < 1.29 is 0 Å². The Balaban J connectivity index is 1.16. The molecule has 0 fully saturated rings. The van der Waals surface area contributed by atoms with Gasteiger partial charge in [0.15, 0.2) is 0 Å². The molecule has 9 aromatic carbocycles. The summed E-state index contributed by atoms with van der Waals surface area (Å²) < 4.78 is 0. The van der Waals surface area contributed by atoms with Crippen LogP contribution < -0.4 is 4.90 Å². The summed E-state index contributed by atoms with van der Waals surface area (Å²) in [7, 11) is 0. The molecule has 0 saturated carbocycles. The predicted molar refractivity (Wildman–Crippen MR) is 243 cm³/mol. The molecule has 1 nitrogen and oxygen atoms in total. The summed E-state index contributed by atoms with van der Waals surface area (Å²) in [4.78, 5) is 2.66. The van der Waals surface area contributed by atoms with Crippen molar-refractivity contribution >= 4 is 49.4 Å². The fourth-order valence-electron chi connectivity index (χ4n) is 10.2. The molecule has 0 aliphatic heterocycles. The molecular formula is C56H45N. The van der Waals surface area contributed by atoms with E-state index >= 15 is 0 Å². The van der Waals surface area contributed by atoms with E-state index in [1.165, 1.54) is 108 Å². The molecule has 274 valence electrons. The fraction of sp³-hybridized carbons (Fsp3) is 0.143. The lowest BCUT2D eigenvalue weighted by atomic mass is 9.75. The molecule has 57 heavy (non-hydrogen) atoms. The quantitative estimate of drug-likeness (QED) is 0.154. The van der Waals surface area contributed by atoms with Crippen molar-refractivity contribution in [1.82, 2.24) is 0 Å². The Morgan fingerprint density at radius 2 is 0.649 bits per heavy atom. The zero-order valence-electron chi connectivity index (χ0n) is 32.3. The predicted octanol–water partition coefficient (Wildman–Crippen LogP) is 15.4. The molecule has 1 heteroatoms. The number of anilines is 3. The van der Waals surface area contributed by atoms with Crippen LogP contribution in [-0.4, -0.2) is 0 Å². The minimum atomic E-state index is 1.10. The van der Waals surface area contributed by atoms with Crippen LogP contribution >= 0.6 is 0 Å². The van der Waals surface area contributed by atoms with Gasteiger partial charge in [-0.15, -0.1) is 0 Å². The Morgan fingerprint density at radius 3 is 1.16 bits per heavy atom. The van der Waals surface area contributed by atoms with Crippen LogP contribution in [-0.2, 0) is 25.7 Å². The van der Waals surface area contributed by atoms with Gasteiger partial charge in [-0.3, -0.25) is 0 Å². The van der Waals surface area contributed by atoms with Crippen molar-refractivity contribution in [1.29, 1.82) is 0 Å². The highest BCUT2D eigenvalue weighted by Gasteiger charge is 2.31. The third-order valence-corrected chi connectivity index (χ3v) is 12.8. The van der Waals surface area contributed by atoms with E-state index in [9.17, 15) is 0 Å². The summed E-state index contributed by atoms with van der Waals surface area (Å²) in [5, 5.41) is 7.88. The van der Waals surface area contributed by atoms with Crippen LogP contribution in [0.1, 0.15) is 47.9 Å². The summed E-state index contributed by atoms with van der Waals surface area (Å²) in [5.74, 6) is 0. The highest BCUT2D eigenvalue weighted by molar-refractivity contribution is 6.25. The van der Waals surface area contributed by atoms with Gasteiger partial charge in [-0.25, -0.2) is 0 Å². The van der Waals surface area contributed by atoms with Crippen LogP contribution in [0.25, 0.3) is 65.7 Å². The molecule has 9 aromatic rings. The second kappa shape index (κ2) is 14.3. The first-order chi connectivity index (χ1) is 28.3. The number of rotatable bonds is 6. The molecule has 0 amide bonds. The fourth-order valence-corrected chi connectivity index (χ4v) is 10.2. The molecule has 0 atom stereocenters. The molecular weight excluding hydrogens is 687 g/mol. The lowest BCUT2D eigenvalue weighted by molar-refractivity contribution is 0.661. The molecule has 0 spiro atoms. The first kappa shape index (κ1) is 33.9. The second-order valence-electron chi connectivity index (χ2n) is 16.1. The molecule has 2 aliphatic rings. The average Bonchev–Trinajstić information content (AvgIpc) is 3.30. The van der Waals surface area contributed by atoms with Crippen molar-refractivity contribution in [2.24, 2.45) is 0 Å². The topological polar surface area (TPSA) is 3.24 Å². The van der Waals surface area contributed by atoms with Gasteiger partial charge in [0.05, 0.1) is 5.69 Å². The van der Waals surface area contributed by atoms with Gasteiger partial charge in [0.25, 0.3) is 0 Å². The van der Waals surface area contributed by atoms with Crippen molar-refractivity contribution in [3.05, 3.63) is 198 Å². The normalized spacial score (nSPS) is 13.8. The molecule has 0 N–H and O–H groups in total. The number of fused-ring (bicyclic) bond motifs is 8. The van der Waals surface area contributed by atoms with E-state index in [1.807, 2.05) is 0 Å². The van der Waals surface area contributed by atoms with Crippen LogP contribution in [0.5, 0.6) is 0 Å². The van der Waals surface area contributed by atoms with Gasteiger partial charge in [-0.2, -0.15) is 0 Å². The number of hydrogen-bond acceptors (Lipinski definition) is 1. The van der Waals surface area contributed by atoms with Crippen molar-refractivity contribution in [3.8, 4) is 33.4 Å². The summed E-state index contributed by atoms with van der Waals surface area (Å²) in [6, 6.07) is 65.6. The first-order valence-electron chi connectivity index (χ1n) is 20.9. The lowest BCUT2D eigenvalue weighted by Crippen LogP contribution is -2.22. The van der Waals surface area contributed by atoms with E-state index in [1.54, 1.807) is 22.3 Å². The van der Waals surface area contributed by atoms with E-state index in [0.29, 0.717) is 0 Å². The zero-order chi connectivity index (χ0) is 37.7. The largest absolute Gasteiger partial charge is 0.310 e. The van der Waals surface area contributed by atoms with Crippen LogP contribution in [0.3, 0.4) is 0 Å². The van der Waals surface area contributed by atoms with Gasteiger partial charge in [-0.05, 0) is 164 Å². The van der Waals surface area contributed by atoms with Crippen molar-refractivity contribution in [2.75, 3.05) is 4.90 Å². The molecule has 11 rings (SSSR count). The lowest BCUT2D eigenvalue weighted by Gasteiger charge is -2.37. The highest BCUT2D eigenvalue weighted by atomic mass is 15.1. The minimum absolute atomic E-state index is 1.10. The van der Waals surface area contributed by atoms with Crippen LogP contribution in [0, 0.1) is 0 Å². The van der Waals surface area contributed by atoms with E-state index in [2.05, 4.69) is 181 Å². The van der Waals surface area contributed by atoms with Gasteiger partial charge < -0.3 is 4.90 Å². The van der Waals surface area contributed by atoms with Crippen molar-refractivity contribution in [3.63, 3.8) is 0 Å². The van der Waals surface area contributed by atoms with Gasteiger partial charge >= 0.3 is 0 Å². The third kappa shape index (κ3) is 5.84. The number of benzene rings is 9. The third-order valence-electron chi connectivity index (χ3n) is 12.8. The van der Waals surface area contributed by atoms with Crippen LogP contribution in [0.2, 0.25) is 0 Å². The van der Waals surface area contributed by atoms with Gasteiger partial charge in [0.2, 0.25) is 0 Å².